The van der Waals surface area contributed by atoms with Gasteiger partial charge in [0.25, 0.3) is 0 Å². The number of fused-ring (bicyclic) bond motifs is 1. The molecule has 0 aliphatic heterocycles. The van der Waals surface area contributed by atoms with Gasteiger partial charge in [0.2, 0.25) is 10.0 Å². The van der Waals surface area contributed by atoms with Gasteiger partial charge >= 0.3 is 0 Å². The molecule has 0 aliphatic carbocycles. The second kappa shape index (κ2) is 6.03. The number of aromatic nitrogens is 3. The zero-order valence-electron chi connectivity index (χ0n) is 14.8. The van der Waals surface area contributed by atoms with Crippen LogP contribution in [0, 0.1) is 13.8 Å². The molecule has 8 heteroatoms. The maximum atomic E-state index is 11.6. The normalized spacial score (nSPS) is 11.7. The number of sulfonamides is 1. The summed E-state index contributed by atoms with van der Waals surface area (Å²) in [4.78, 5) is 9.02. The number of aryl methyl sites for hydroxylation is 2. The number of hydrogen-bond donors (Lipinski definition) is 1. The number of imidazole rings is 1. The lowest BCUT2D eigenvalue weighted by Crippen LogP contribution is -2.10. The fourth-order valence-electron chi connectivity index (χ4n) is 2.74. The lowest BCUT2D eigenvalue weighted by Gasteiger charge is -2.13. The summed E-state index contributed by atoms with van der Waals surface area (Å²) >= 11 is 0. The second-order valence-electron chi connectivity index (χ2n) is 6.02. The number of benzene rings is 1. The largest absolute Gasteiger partial charge is 0.494 e. The van der Waals surface area contributed by atoms with Crippen LogP contribution in [0.3, 0.4) is 0 Å². The third kappa shape index (κ3) is 3.30. The molecule has 0 radical (unpaired) electrons. The van der Waals surface area contributed by atoms with Crippen molar-refractivity contribution in [2.75, 3.05) is 18.1 Å². The first-order valence-corrected chi connectivity index (χ1v) is 9.54. The van der Waals surface area contributed by atoms with Gasteiger partial charge in [-0.1, -0.05) is 0 Å². The van der Waals surface area contributed by atoms with Gasteiger partial charge in [0.1, 0.15) is 11.6 Å². The van der Waals surface area contributed by atoms with Crippen LogP contribution in [-0.2, 0) is 17.1 Å². The van der Waals surface area contributed by atoms with Crippen molar-refractivity contribution < 1.29 is 13.2 Å². The van der Waals surface area contributed by atoms with E-state index >= 15 is 0 Å². The van der Waals surface area contributed by atoms with Crippen LogP contribution in [0.1, 0.15) is 11.4 Å². The zero-order chi connectivity index (χ0) is 18.4. The van der Waals surface area contributed by atoms with Gasteiger partial charge in [-0.3, -0.25) is 4.72 Å². The van der Waals surface area contributed by atoms with E-state index in [0.717, 1.165) is 39.9 Å². The molecule has 2 heterocycles. The summed E-state index contributed by atoms with van der Waals surface area (Å²) in [5.74, 6) is 1.32. The summed E-state index contributed by atoms with van der Waals surface area (Å²) < 4.78 is 32.9. The Morgan fingerprint density at radius 3 is 2.48 bits per heavy atom. The highest BCUT2D eigenvalue weighted by Gasteiger charge is 2.14. The number of pyridine rings is 1. The van der Waals surface area contributed by atoms with Gasteiger partial charge < -0.3 is 9.30 Å². The van der Waals surface area contributed by atoms with Gasteiger partial charge in [-0.15, -0.1) is 0 Å². The first-order valence-electron chi connectivity index (χ1n) is 7.65. The standard InChI is InChI=1S/C17H20N4O3S/c1-10-6-14(16-9-18-11(2)21(16)3)19-13-8-17(24-4)15(7-12(10)13)20-25(5,22)23/h6-9,20H,1-5H3. The quantitative estimate of drug-likeness (QED) is 0.773. The molecule has 25 heavy (non-hydrogen) atoms. The minimum Gasteiger partial charge on any atom is -0.494 e. The lowest BCUT2D eigenvalue weighted by atomic mass is 10.1. The van der Waals surface area contributed by atoms with Crippen LogP contribution >= 0.6 is 0 Å². The molecule has 0 amide bonds. The molecule has 0 atom stereocenters. The third-order valence-corrected chi connectivity index (χ3v) is 4.71. The van der Waals surface area contributed by atoms with E-state index in [1.807, 2.05) is 31.5 Å². The Hall–Kier alpha value is -2.61. The summed E-state index contributed by atoms with van der Waals surface area (Å²) in [5, 5.41) is 0.856. The average molecular weight is 360 g/mol. The van der Waals surface area contributed by atoms with E-state index in [-0.39, 0.29) is 0 Å². The topological polar surface area (TPSA) is 86.1 Å². The molecular formula is C17H20N4O3S. The second-order valence-corrected chi connectivity index (χ2v) is 7.77. The van der Waals surface area contributed by atoms with Crippen LogP contribution < -0.4 is 9.46 Å². The van der Waals surface area contributed by atoms with Crippen molar-refractivity contribution in [1.29, 1.82) is 0 Å². The highest BCUT2D eigenvalue weighted by atomic mass is 32.2. The first-order chi connectivity index (χ1) is 11.7. The summed E-state index contributed by atoms with van der Waals surface area (Å²) in [5.41, 5.74) is 3.83. The molecule has 0 spiro atoms. The van der Waals surface area contributed by atoms with Gasteiger partial charge in [0, 0.05) is 18.5 Å². The van der Waals surface area contributed by atoms with E-state index in [9.17, 15) is 8.42 Å². The Labute approximate surface area is 146 Å². The fourth-order valence-corrected chi connectivity index (χ4v) is 3.30. The number of nitrogens with zero attached hydrogens (tertiary/aromatic N) is 3. The van der Waals surface area contributed by atoms with Crippen molar-refractivity contribution in [3.63, 3.8) is 0 Å². The van der Waals surface area contributed by atoms with Gasteiger partial charge in [-0.2, -0.15) is 0 Å². The SMILES string of the molecule is COc1cc2nc(-c3cnc(C)n3C)cc(C)c2cc1NS(C)(=O)=O. The molecule has 1 aromatic carbocycles. The van der Waals surface area contributed by atoms with Gasteiger partial charge in [0.05, 0.1) is 42.2 Å². The summed E-state index contributed by atoms with van der Waals surface area (Å²) in [6, 6.07) is 5.45. The molecule has 7 nitrogen and oxygen atoms in total. The number of rotatable bonds is 4. The molecule has 0 aliphatic rings. The van der Waals surface area contributed by atoms with Crippen LogP contribution in [0.25, 0.3) is 22.3 Å². The highest BCUT2D eigenvalue weighted by Crippen LogP contribution is 2.33. The number of methoxy groups -OCH3 is 1. The minimum atomic E-state index is -3.41. The molecular weight excluding hydrogens is 340 g/mol. The van der Waals surface area contributed by atoms with Crippen LogP contribution in [0.2, 0.25) is 0 Å². The molecule has 0 saturated carbocycles. The van der Waals surface area contributed by atoms with E-state index < -0.39 is 10.0 Å². The molecule has 3 rings (SSSR count). The van der Waals surface area contributed by atoms with Crippen molar-refractivity contribution in [1.82, 2.24) is 14.5 Å². The summed E-state index contributed by atoms with van der Waals surface area (Å²) in [7, 11) is 0.0316. The Morgan fingerprint density at radius 2 is 1.92 bits per heavy atom. The molecule has 0 bridgehead atoms. The Morgan fingerprint density at radius 1 is 1.20 bits per heavy atom. The van der Waals surface area contributed by atoms with E-state index in [0.29, 0.717) is 11.4 Å². The van der Waals surface area contributed by atoms with Crippen molar-refractivity contribution in [3.05, 3.63) is 35.8 Å². The highest BCUT2D eigenvalue weighted by molar-refractivity contribution is 7.92. The molecule has 2 aromatic heterocycles. The van der Waals surface area contributed by atoms with Crippen LogP contribution in [-0.4, -0.2) is 36.3 Å². The summed E-state index contributed by atoms with van der Waals surface area (Å²) in [6.07, 6.45) is 2.90. The van der Waals surface area contributed by atoms with Crippen molar-refractivity contribution >= 4 is 26.6 Å². The molecule has 132 valence electrons. The van der Waals surface area contributed by atoms with Crippen molar-refractivity contribution in [2.45, 2.75) is 13.8 Å². The maximum absolute atomic E-state index is 11.6. The number of ether oxygens (including phenoxy) is 1. The van der Waals surface area contributed by atoms with E-state index in [4.69, 9.17) is 9.72 Å². The number of hydrogen-bond acceptors (Lipinski definition) is 5. The maximum Gasteiger partial charge on any atom is 0.229 e. The average Bonchev–Trinajstić information content (AvgIpc) is 2.85. The predicted octanol–water partition coefficient (Wildman–Crippen LogP) is 2.63. The van der Waals surface area contributed by atoms with Crippen LogP contribution in [0.4, 0.5) is 5.69 Å². The monoisotopic (exact) mass is 360 g/mol. The molecule has 0 saturated heterocycles. The minimum absolute atomic E-state index is 0.395. The van der Waals surface area contributed by atoms with Crippen LogP contribution in [0.5, 0.6) is 5.75 Å². The van der Waals surface area contributed by atoms with E-state index in [1.54, 1.807) is 18.3 Å². The van der Waals surface area contributed by atoms with Crippen molar-refractivity contribution in [3.8, 4) is 17.1 Å². The summed E-state index contributed by atoms with van der Waals surface area (Å²) in [6.45, 7) is 3.90. The zero-order valence-corrected chi connectivity index (χ0v) is 15.6. The number of nitrogens with one attached hydrogen (secondary N) is 1. The molecule has 1 N–H and O–H groups in total. The van der Waals surface area contributed by atoms with Gasteiger partial charge in [0.15, 0.2) is 0 Å². The van der Waals surface area contributed by atoms with E-state index in [2.05, 4.69) is 9.71 Å². The smallest absolute Gasteiger partial charge is 0.229 e. The van der Waals surface area contributed by atoms with Gasteiger partial charge in [-0.05, 0) is 31.5 Å². The number of anilines is 1. The third-order valence-electron chi connectivity index (χ3n) is 4.11. The van der Waals surface area contributed by atoms with Crippen LogP contribution in [0.15, 0.2) is 24.4 Å². The van der Waals surface area contributed by atoms with Crippen molar-refractivity contribution in [2.24, 2.45) is 7.05 Å². The predicted molar refractivity (Wildman–Crippen MR) is 98.4 cm³/mol. The van der Waals surface area contributed by atoms with Gasteiger partial charge in [-0.25, -0.2) is 18.4 Å². The lowest BCUT2D eigenvalue weighted by molar-refractivity contribution is 0.417. The Balaban J connectivity index is 2.22. The van der Waals surface area contributed by atoms with E-state index in [1.165, 1.54) is 7.11 Å². The Bertz CT molecular complexity index is 1070. The molecule has 0 fully saturated rings. The fraction of sp³-hybridized carbons (Fsp3) is 0.294. The Kier molecular flexibility index (Phi) is 4.16. The molecule has 0 unspecified atom stereocenters. The first kappa shape index (κ1) is 17.2. The molecule has 3 aromatic rings.